The van der Waals surface area contributed by atoms with Crippen molar-refractivity contribution in [3.05, 3.63) is 0 Å². The van der Waals surface area contributed by atoms with Crippen LogP contribution in [0.1, 0.15) is 64.7 Å². The maximum atomic E-state index is 12.4. The predicted octanol–water partition coefficient (Wildman–Crippen LogP) is 4.72. The van der Waals surface area contributed by atoms with Gasteiger partial charge in [-0.2, -0.15) is 0 Å². The van der Waals surface area contributed by atoms with Gasteiger partial charge in [-0.1, -0.05) is 26.2 Å². The van der Waals surface area contributed by atoms with E-state index in [0.29, 0.717) is 17.8 Å². The molecule has 0 spiro atoms. The van der Waals surface area contributed by atoms with E-state index in [2.05, 4.69) is 6.92 Å². The number of hydrogen-bond donors (Lipinski definition) is 0. The average Bonchev–Trinajstić information content (AvgIpc) is 2.49. The molecule has 0 amide bonds. The summed E-state index contributed by atoms with van der Waals surface area (Å²) < 4.78 is 24.3. The van der Waals surface area contributed by atoms with Crippen LogP contribution in [0.25, 0.3) is 0 Å². The van der Waals surface area contributed by atoms with Crippen LogP contribution in [-0.4, -0.2) is 26.2 Å². The fraction of sp³-hybridized carbons (Fsp3) is 1.00. The van der Waals surface area contributed by atoms with Crippen LogP contribution in [-0.2, 0) is 9.47 Å². The summed E-state index contributed by atoms with van der Waals surface area (Å²) in [4.78, 5) is 0. The lowest BCUT2D eigenvalue weighted by Gasteiger charge is -2.37. The van der Waals surface area contributed by atoms with Gasteiger partial charge >= 0.3 is 0 Å². The molecule has 0 aromatic rings. The van der Waals surface area contributed by atoms with E-state index < -0.39 is 0 Å². The number of rotatable bonds is 7. The molecule has 2 fully saturated rings. The van der Waals surface area contributed by atoms with Crippen molar-refractivity contribution in [3.8, 4) is 0 Å². The fourth-order valence-corrected chi connectivity index (χ4v) is 3.58. The summed E-state index contributed by atoms with van der Waals surface area (Å²) in [7, 11) is 0. The van der Waals surface area contributed by atoms with Crippen molar-refractivity contribution in [2.24, 2.45) is 17.8 Å². The van der Waals surface area contributed by atoms with Gasteiger partial charge in [-0.3, -0.25) is 4.39 Å². The number of alkyl halides is 1. The Kier molecular flexibility index (Phi) is 7.29. The molecule has 0 bridgehead atoms. The van der Waals surface area contributed by atoms with Gasteiger partial charge in [0.25, 0.3) is 0 Å². The van der Waals surface area contributed by atoms with Crippen LogP contribution in [0.3, 0.4) is 0 Å². The molecule has 20 heavy (non-hydrogen) atoms. The molecule has 0 unspecified atom stereocenters. The Hall–Kier alpha value is -0.150. The summed E-state index contributed by atoms with van der Waals surface area (Å²) in [6.45, 7) is 3.83. The van der Waals surface area contributed by atoms with E-state index in [-0.39, 0.29) is 13.0 Å². The van der Waals surface area contributed by atoms with Crippen molar-refractivity contribution < 1.29 is 13.9 Å². The van der Waals surface area contributed by atoms with E-state index >= 15 is 0 Å². The maximum absolute atomic E-state index is 12.4. The Morgan fingerprint density at radius 3 is 2.20 bits per heavy atom. The molecule has 0 aromatic heterocycles. The van der Waals surface area contributed by atoms with Crippen molar-refractivity contribution in [3.63, 3.8) is 0 Å². The zero-order valence-electron chi connectivity index (χ0n) is 13.0. The highest BCUT2D eigenvalue weighted by molar-refractivity contribution is 4.77. The first-order valence-electron chi connectivity index (χ1n) is 8.62. The molecule has 1 aliphatic carbocycles. The van der Waals surface area contributed by atoms with Crippen LogP contribution in [0.5, 0.6) is 0 Å². The molecule has 0 N–H and O–H groups in total. The quantitative estimate of drug-likeness (QED) is 0.630. The largest absolute Gasteiger partial charge is 0.352 e. The number of unbranched alkanes of at least 4 members (excludes halogenated alkanes) is 2. The first-order valence-corrected chi connectivity index (χ1v) is 8.62. The third kappa shape index (κ3) is 5.00. The molecule has 3 heteroatoms. The minimum absolute atomic E-state index is 0.0174. The van der Waals surface area contributed by atoms with E-state index in [0.717, 1.165) is 45.3 Å². The molecule has 2 rings (SSSR count). The van der Waals surface area contributed by atoms with Gasteiger partial charge in [-0.15, -0.1) is 0 Å². The van der Waals surface area contributed by atoms with Crippen LogP contribution in [0.4, 0.5) is 4.39 Å². The topological polar surface area (TPSA) is 18.5 Å². The maximum Gasteiger partial charge on any atom is 0.160 e. The third-order valence-electron chi connectivity index (χ3n) is 5.00. The first kappa shape index (κ1) is 16.2. The SMILES string of the molecule is CCCCCC1COC(C2CCC(CCF)CC2)OC1. The Morgan fingerprint density at radius 1 is 0.900 bits per heavy atom. The summed E-state index contributed by atoms with van der Waals surface area (Å²) in [5.74, 6) is 1.74. The average molecular weight is 286 g/mol. The van der Waals surface area contributed by atoms with Gasteiger partial charge in [0.05, 0.1) is 19.9 Å². The number of halogens is 1. The molecule has 0 aromatic carbocycles. The summed E-state index contributed by atoms with van der Waals surface area (Å²) in [5, 5.41) is 0. The Balaban J connectivity index is 1.62. The van der Waals surface area contributed by atoms with Crippen LogP contribution in [0, 0.1) is 17.8 Å². The van der Waals surface area contributed by atoms with E-state index in [1.54, 1.807) is 0 Å². The van der Waals surface area contributed by atoms with Gasteiger partial charge in [-0.05, 0) is 44.4 Å². The van der Waals surface area contributed by atoms with E-state index in [1.807, 2.05) is 0 Å². The van der Waals surface area contributed by atoms with Gasteiger partial charge in [0.15, 0.2) is 6.29 Å². The molecule has 1 aliphatic heterocycles. The third-order valence-corrected chi connectivity index (χ3v) is 5.00. The molecule has 2 aliphatic rings. The van der Waals surface area contributed by atoms with Crippen molar-refractivity contribution >= 4 is 0 Å². The van der Waals surface area contributed by atoms with Crippen LogP contribution >= 0.6 is 0 Å². The summed E-state index contributed by atoms with van der Waals surface area (Å²) in [5.41, 5.74) is 0. The fourth-order valence-electron chi connectivity index (χ4n) is 3.58. The van der Waals surface area contributed by atoms with E-state index in [4.69, 9.17) is 9.47 Å². The molecular weight excluding hydrogens is 255 g/mol. The lowest BCUT2D eigenvalue weighted by molar-refractivity contribution is -0.230. The molecule has 1 heterocycles. The summed E-state index contributed by atoms with van der Waals surface area (Å²) >= 11 is 0. The van der Waals surface area contributed by atoms with Crippen LogP contribution in [0.15, 0.2) is 0 Å². The zero-order chi connectivity index (χ0) is 14.2. The molecular formula is C17H31FO2. The number of hydrogen-bond acceptors (Lipinski definition) is 2. The lowest BCUT2D eigenvalue weighted by atomic mass is 9.80. The van der Waals surface area contributed by atoms with Gasteiger partial charge in [-0.25, -0.2) is 0 Å². The zero-order valence-corrected chi connectivity index (χ0v) is 13.0. The van der Waals surface area contributed by atoms with Crippen LogP contribution < -0.4 is 0 Å². The lowest BCUT2D eigenvalue weighted by Crippen LogP contribution is -2.38. The highest BCUT2D eigenvalue weighted by Gasteiger charge is 2.32. The normalized spacial score (nSPS) is 35.1. The van der Waals surface area contributed by atoms with E-state index in [1.165, 1.54) is 25.7 Å². The molecule has 118 valence electrons. The highest BCUT2D eigenvalue weighted by Crippen LogP contribution is 2.35. The van der Waals surface area contributed by atoms with Gasteiger partial charge in [0.1, 0.15) is 0 Å². The predicted molar refractivity (Wildman–Crippen MR) is 79.4 cm³/mol. The van der Waals surface area contributed by atoms with Crippen molar-refractivity contribution in [1.29, 1.82) is 0 Å². The summed E-state index contributed by atoms with van der Waals surface area (Å²) in [6, 6.07) is 0. The molecule has 0 atom stereocenters. The monoisotopic (exact) mass is 286 g/mol. The minimum atomic E-state index is -0.162. The standard InChI is InChI=1S/C17H31FO2/c1-2-3-4-5-15-12-19-17(20-13-15)16-8-6-14(7-9-16)10-11-18/h14-17H,2-13H2,1H3. The highest BCUT2D eigenvalue weighted by atomic mass is 19.1. The molecule has 1 saturated heterocycles. The molecule has 2 nitrogen and oxygen atoms in total. The Bertz CT molecular complexity index is 243. The second-order valence-corrected chi connectivity index (χ2v) is 6.66. The van der Waals surface area contributed by atoms with Gasteiger partial charge in [0, 0.05) is 11.8 Å². The van der Waals surface area contributed by atoms with Gasteiger partial charge < -0.3 is 9.47 Å². The second kappa shape index (κ2) is 8.99. The molecule has 1 saturated carbocycles. The smallest absolute Gasteiger partial charge is 0.160 e. The molecule has 0 radical (unpaired) electrons. The Labute approximate surface area is 123 Å². The van der Waals surface area contributed by atoms with Crippen molar-refractivity contribution in [2.45, 2.75) is 71.0 Å². The Morgan fingerprint density at radius 2 is 1.60 bits per heavy atom. The van der Waals surface area contributed by atoms with Crippen LogP contribution in [0.2, 0.25) is 0 Å². The van der Waals surface area contributed by atoms with E-state index in [9.17, 15) is 4.39 Å². The number of ether oxygens (including phenoxy) is 2. The minimum Gasteiger partial charge on any atom is -0.352 e. The first-order chi connectivity index (χ1) is 9.83. The van der Waals surface area contributed by atoms with Crippen molar-refractivity contribution in [2.75, 3.05) is 19.9 Å². The van der Waals surface area contributed by atoms with Gasteiger partial charge in [0.2, 0.25) is 0 Å². The summed E-state index contributed by atoms with van der Waals surface area (Å²) in [6.07, 6.45) is 10.5. The van der Waals surface area contributed by atoms with Crippen molar-refractivity contribution in [1.82, 2.24) is 0 Å². The second-order valence-electron chi connectivity index (χ2n) is 6.66.